The molecule has 20 heavy (non-hydrogen) atoms. The maximum absolute atomic E-state index is 12.0. The maximum atomic E-state index is 12.0. The van der Waals surface area contributed by atoms with Crippen molar-refractivity contribution in [2.45, 2.75) is 38.0 Å². The fourth-order valence-electron chi connectivity index (χ4n) is 2.98. The molecule has 1 aromatic rings. The minimum absolute atomic E-state index is 0.0523. The number of benzene rings is 1. The molecule has 1 aromatic carbocycles. The van der Waals surface area contributed by atoms with E-state index in [1.807, 2.05) is 0 Å². The number of aliphatic hydroxyl groups is 1. The molecule has 5 heteroatoms. The summed E-state index contributed by atoms with van der Waals surface area (Å²) in [6, 6.07) is 6.80. The standard InChI is InChI=1S/C15H16N2O3/c1-9-15(19)14(17-6-2-3-13(17)18)11-7-10(8-16)4-5-12(11)20-9/h4-5,7,9,14-15,19H,2-3,6H2,1H3/t9-,14-,15-/m1/s1. The first-order chi connectivity index (χ1) is 9.61. The molecule has 104 valence electrons. The number of hydrogen-bond donors (Lipinski definition) is 1. The molecule has 0 aromatic heterocycles. The third kappa shape index (κ3) is 1.93. The molecule has 1 saturated heterocycles. The molecule has 1 fully saturated rings. The van der Waals surface area contributed by atoms with E-state index in [0.29, 0.717) is 24.3 Å². The fraction of sp³-hybridized carbons (Fsp3) is 0.467. The van der Waals surface area contributed by atoms with Gasteiger partial charge in [-0.2, -0.15) is 5.26 Å². The molecule has 0 saturated carbocycles. The largest absolute Gasteiger partial charge is 0.488 e. The Balaban J connectivity index is 2.08. The zero-order chi connectivity index (χ0) is 14.3. The van der Waals surface area contributed by atoms with Gasteiger partial charge in [-0.3, -0.25) is 4.79 Å². The Morgan fingerprint density at radius 1 is 1.50 bits per heavy atom. The summed E-state index contributed by atoms with van der Waals surface area (Å²) in [7, 11) is 0. The molecule has 3 atom stereocenters. The summed E-state index contributed by atoms with van der Waals surface area (Å²) in [6.07, 6.45) is 0.170. The Bertz CT molecular complexity index is 593. The second-order valence-corrected chi connectivity index (χ2v) is 5.31. The van der Waals surface area contributed by atoms with Gasteiger partial charge in [-0.25, -0.2) is 0 Å². The average molecular weight is 272 g/mol. The smallest absolute Gasteiger partial charge is 0.223 e. The van der Waals surface area contributed by atoms with E-state index in [4.69, 9.17) is 10.00 Å². The fourth-order valence-corrected chi connectivity index (χ4v) is 2.98. The van der Waals surface area contributed by atoms with E-state index < -0.39 is 12.1 Å². The van der Waals surface area contributed by atoms with Crippen LogP contribution in [-0.2, 0) is 4.79 Å². The Morgan fingerprint density at radius 2 is 2.30 bits per heavy atom. The van der Waals surface area contributed by atoms with Gasteiger partial charge in [0.1, 0.15) is 18.0 Å². The molecule has 2 aliphatic heterocycles. The van der Waals surface area contributed by atoms with Crippen molar-refractivity contribution in [2.75, 3.05) is 6.54 Å². The molecule has 2 aliphatic rings. The van der Waals surface area contributed by atoms with E-state index in [9.17, 15) is 9.90 Å². The van der Waals surface area contributed by atoms with Crippen LogP contribution in [0.3, 0.4) is 0 Å². The van der Waals surface area contributed by atoms with Crippen LogP contribution >= 0.6 is 0 Å². The number of nitriles is 1. The summed E-state index contributed by atoms with van der Waals surface area (Å²) in [6.45, 7) is 2.43. The predicted octanol–water partition coefficient (Wildman–Crippen LogP) is 1.36. The highest BCUT2D eigenvalue weighted by Crippen LogP contribution is 2.40. The predicted molar refractivity (Wildman–Crippen MR) is 70.9 cm³/mol. The maximum Gasteiger partial charge on any atom is 0.223 e. The van der Waals surface area contributed by atoms with Crippen LogP contribution in [0.4, 0.5) is 0 Å². The number of likely N-dealkylation sites (tertiary alicyclic amines) is 1. The first-order valence-electron chi connectivity index (χ1n) is 6.80. The number of amides is 1. The van der Waals surface area contributed by atoms with E-state index in [1.165, 1.54) is 0 Å². The van der Waals surface area contributed by atoms with E-state index >= 15 is 0 Å². The van der Waals surface area contributed by atoms with Crippen LogP contribution < -0.4 is 4.74 Å². The molecule has 1 N–H and O–H groups in total. The topological polar surface area (TPSA) is 73.6 Å². The lowest BCUT2D eigenvalue weighted by Crippen LogP contribution is -2.47. The lowest BCUT2D eigenvalue weighted by Gasteiger charge is -2.40. The lowest BCUT2D eigenvalue weighted by atomic mass is 9.92. The van der Waals surface area contributed by atoms with Crippen molar-refractivity contribution in [3.05, 3.63) is 29.3 Å². The summed E-state index contributed by atoms with van der Waals surface area (Å²) >= 11 is 0. The second-order valence-electron chi connectivity index (χ2n) is 5.31. The lowest BCUT2D eigenvalue weighted by molar-refractivity contribution is -0.135. The zero-order valence-corrected chi connectivity index (χ0v) is 11.2. The van der Waals surface area contributed by atoms with Gasteiger partial charge < -0.3 is 14.7 Å². The van der Waals surface area contributed by atoms with Gasteiger partial charge in [0.2, 0.25) is 5.91 Å². The number of ether oxygens (including phenoxy) is 1. The van der Waals surface area contributed by atoms with Gasteiger partial charge in [-0.15, -0.1) is 0 Å². The van der Waals surface area contributed by atoms with Crippen LogP contribution in [-0.4, -0.2) is 34.7 Å². The molecule has 0 aliphatic carbocycles. The number of rotatable bonds is 1. The summed E-state index contributed by atoms with van der Waals surface area (Å²) in [5.41, 5.74) is 1.23. The van der Waals surface area contributed by atoms with Gasteiger partial charge in [0, 0.05) is 18.5 Å². The van der Waals surface area contributed by atoms with E-state index in [1.54, 1.807) is 30.0 Å². The minimum atomic E-state index is -0.779. The number of nitrogens with zero attached hydrogens (tertiary/aromatic N) is 2. The van der Waals surface area contributed by atoms with Crippen LogP contribution in [0.15, 0.2) is 18.2 Å². The Hall–Kier alpha value is -2.06. The summed E-state index contributed by atoms with van der Waals surface area (Å²) < 4.78 is 5.67. The average Bonchev–Trinajstić information content (AvgIpc) is 2.86. The van der Waals surface area contributed by atoms with Crippen molar-refractivity contribution >= 4 is 5.91 Å². The molecular weight excluding hydrogens is 256 g/mol. The molecule has 0 spiro atoms. The summed E-state index contributed by atoms with van der Waals surface area (Å²) in [5.74, 6) is 0.697. The first kappa shape index (κ1) is 12.9. The minimum Gasteiger partial charge on any atom is -0.488 e. The number of fused-ring (bicyclic) bond motifs is 1. The molecule has 1 amide bonds. The third-order valence-corrected chi connectivity index (χ3v) is 4.02. The highest BCUT2D eigenvalue weighted by atomic mass is 16.5. The van der Waals surface area contributed by atoms with Gasteiger partial charge >= 0.3 is 0 Å². The summed E-state index contributed by atoms with van der Waals surface area (Å²) in [5, 5.41) is 19.5. The molecule has 0 bridgehead atoms. The van der Waals surface area contributed by atoms with Gasteiger partial charge in [-0.1, -0.05) is 0 Å². The molecule has 5 nitrogen and oxygen atoms in total. The van der Waals surface area contributed by atoms with Crippen LogP contribution in [0, 0.1) is 11.3 Å². The van der Waals surface area contributed by atoms with Crippen LogP contribution in [0.25, 0.3) is 0 Å². The molecule has 0 unspecified atom stereocenters. The number of carbonyl (C=O) groups excluding carboxylic acids is 1. The van der Waals surface area contributed by atoms with E-state index in [-0.39, 0.29) is 12.0 Å². The highest BCUT2D eigenvalue weighted by Gasteiger charge is 2.41. The van der Waals surface area contributed by atoms with Crippen molar-refractivity contribution in [1.82, 2.24) is 4.90 Å². The van der Waals surface area contributed by atoms with Crippen LogP contribution in [0.1, 0.15) is 36.9 Å². The first-order valence-corrected chi connectivity index (χ1v) is 6.80. The van der Waals surface area contributed by atoms with Crippen molar-refractivity contribution in [1.29, 1.82) is 5.26 Å². The number of carbonyl (C=O) groups is 1. The van der Waals surface area contributed by atoms with Crippen molar-refractivity contribution < 1.29 is 14.6 Å². The monoisotopic (exact) mass is 272 g/mol. The number of aliphatic hydroxyl groups excluding tert-OH is 1. The quantitative estimate of drug-likeness (QED) is 0.837. The van der Waals surface area contributed by atoms with Crippen LogP contribution in [0.5, 0.6) is 5.75 Å². The Morgan fingerprint density at radius 3 is 2.95 bits per heavy atom. The second kappa shape index (κ2) is 4.80. The SMILES string of the molecule is C[C@H]1Oc2ccc(C#N)cc2[C@@H](N2CCCC2=O)[C@@H]1O. The third-order valence-electron chi connectivity index (χ3n) is 4.02. The van der Waals surface area contributed by atoms with Gasteiger partial charge in [-0.05, 0) is 31.5 Å². The molecular formula is C15H16N2O3. The van der Waals surface area contributed by atoms with Crippen molar-refractivity contribution in [3.8, 4) is 11.8 Å². The summed E-state index contributed by atoms with van der Waals surface area (Å²) in [4.78, 5) is 13.7. The van der Waals surface area contributed by atoms with Crippen molar-refractivity contribution in [3.63, 3.8) is 0 Å². The Kier molecular flexibility index (Phi) is 3.11. The normalized spacial score (nSPS) is 28.8. The molecule has 3 rings (SSSR count). The van der Waals surface area contributed by atoms with Gasteiger partial charge in [0.05, 0.1) is 17.7 Å². The van der Waals surface area contributed by atoms with E-state index in [2.05, 4.69) is 6.07 Å². The van der Waals surface area contributed by atoms with Crippen molar-refractivity contribution in [2.24, 2.45) is 0 Å². The van der Waals surface area contributed by atoms with Gasteiger partial charge in [0.15, 0.2) is 0 Å². The van der Waals surface area contributed by atoms with E-state index in [0.717, 1.165) is 12.0 Å². The van der Waals surface area contributed by atoms with Gasteiger partial charge in [0.25, 0.3) is 0 Å². The van der Waals surface area contributed by atoms with Crippen LogP contribution in [0.2, 0.25) is 0 Å². The Labute approximate surface area is 117 Å². The zero-order valence-electron chi connectivity index (χ0n) is 11.2. The number of hydrogen-bond acceptors (Lipinski definition) is 4. The molecule has 2 heterocycles. The molecule has 0 radical (unpaired) electrons. The highest BCUT2D eigenvalue weighted by molar-refractivity contribution is 5.79.